The molecule has 2 heterocycles. The molecule has 1 aromatic carbocycles. The number of phenolic OH excluding ortho intramolecular Hbond substituents is 2. The lowest BCUT2D eigenvalue weighted by Gasteiger charge is -2.07. The van der Waals surface area contributed by atoms with Crippen molar-refractivity contribution < 1.29 is 19.7 Å². The monoisotopic (exact) mass is 390 g/mol. The third kappa shape index (κ3) is 3.23. The molecule has 0 radical (unpaired) electrons. The van der Waals surface area contributed by atoms with Crippen molar-refractivity contribution in [1.29, 1.82) is 0 Å². The molecule has 2 aromatic heterocycles. The molecule has 2 N–H and O–H groups in total. The SMILES string of the molecule is O=C(OCc1cc(=O)n2cc(Br)ccc2n1)c1ccc(O)cc1O. The summed E-state index contributed by atoms with van der Waals surface area (Å²) in [5.74, 6) is -1.35. The van der Waals surface area contributed by atoms with Gasteiger partial charge in [0.2, 0.25) is 0 Å². The van der Waals surface area contributed by atoms with Crippen LogP contribution in [0, 0.1) is 0 Å². The van der Waals surface area contributed by atoms with Crippen LogP contribution in [0.25, 0.3) is 5.65 Å². The fourth-order valence-electron chi connectivity index (χ4n) is 2.11. The number of fused-ring (bicyclic) bond motifs is 1. The molecule has 3 rings (SSSR count). The second-order valence-corrected chi connectivity index (χ2v) is 5.85. The number of pyridine rings is 1. The van der Waals surface area contributed by atoms with E-state index in [0.717, 1.165) is 10.5 Å². The first kappa shape index (κ1) is 16.0. The van der Waals surface area contributed by atoms with E-state index >= 15 is 0 Å². The molecule has 0 amide bonds. The van der Waals surface area contributed by atoms with Crippen molar-refractivity contribution >= 4 is 27.5 Å². The zero-order valence-electron chi connectivity index (χ0n) is 12.1. The molecule has 0 saturated carbocycles. The minimum atomic E-state index is -0.787. The van der Waals surface area contributed by atoms with Gasteiger partial charge in [0.15, 0.2) is 0 Å². The molecule has 0 unspecified atom stereocenters. The molecule has 0 fully saturated rings. The molecule has 3 aromatic rings. The quantitative estimate of drug-likeness (QED) is 0.664. The number of carbonyl (C=O) groups is 1. The molecule has 122 valence electrons. The van der Waals surface area contributed by atoms with E-state index in [1.54, 1.807) is 18.3 Å². The van der Waals surface area contributed by atoms with Gasteiger partial charge in [0.05, 0.1) is 5.69 Å². The van der Waals surface area contributed by atoms with Crippen LogP contribution in [0.1, 0.15) is 16.1 Å². The van der Waals surface area contributed by atoms with E-state index in [0.29, 0.717) is 5.65 Å². The average molecular weight is 391 g/mol. The molecular formula is C16H11BrN2O5. The van der Waals surface area contributed by atoms with Crippen LogP contribution in [-0.2, 0) is 11.3 Å². The molecule has 0 aliphatic heterocycles. The summed E-state index contributed by atoms with van der Waals surface area (Å²) in [5.41, 5.74) is 0.312. The van der Waals surface area contributed by atoms with Crippen LogP contribution in [0.5, 0.6) is 11.5 Å². The minimum absolute atomic E-state index is 0.0887. The number of carbonyl (C=O) groups excluding carboxylic acids is 1. The Morgan fingerprint density at radius 1 is 1.21 bits per heavy atom. The fourth-order valence-corrected chi connectivity index (χ4v) is 2.45. The van der Waals surface area contributed by atoms with E-state index in [2.05, 4.69) is 20.9 Å². The third-order valence-electron chi connectivity index (χ3n) is 3.23. The predicted octanol–water partition coefficient (Wildman–Crippen LogP) is 2.23. The van der Waals surface area contributed by atoms with E-state index < -0.39 is 11.7 Å². The molecule has 0 saturated heterocycles. The maximum Gasteiger partial charge on any atom is 0.342 e. The third-order valence-corrected chi connectivity index (χ3v) is 3.70. The van der Waals surface area contributed by atoms with Crippen molar-refractivity contribution in [3.05, 3.63) is 68.7 Å². The van der Waals surface area contributed by atoms with Gasteiger partial charge in [-0.3, -0.25) is 9.20 Å². The van der Waals surface area contributed by atoms with Crippen LogP contribution >= 0.6 is 15.9 Å². The first-order valence-corrected chi connectivity index (χ1v) is 7.60. The summed E-state index contributed by atoms with van der Waals surface area (Å²) in [6, 6.07) is 8.20. The number of aromatic nitrogens is 2. The Kier molecular flexibility index (Phi) is 4.22. The zero-order chi connectivity index (χ0) is 17.3. The zero-order valence-corrected chi connectivity index (χ0v) is 13.7. The van der Waals surface area contributed by atoms with Crippen LogP contribution in [-0.4, -0.2) is 25.6 Å². The Balaban J connectivity index is 1.81. The van der Waals surface area contributed by atoms with Crippen molar-refractivity contribution in [2.75, 3.05) is 0 Å². The summed E-state index contributed by atoms with van der Waals surface area (Å²) < 4.78 is 7.16. The summed E-state index contributed by atoms with van der Waals surface area (Å²) in [4.78, 5) is 28.3. The van der Waals surface area contributed by atoms with Gasteiger partial charge >= 0.3 is 5.97 Å². The average Bonchev–Trinajstić information content (AvgIpc) is 2.53. The lowest BCUT2D eigenvalue weighted by atomic mass is 10.2. The number of phenols is 2. The predicted molar refractivity (Wildman–Crippen MR) is 88.1 cm³/mol. The summed E-state index contributed by atoms with van der Waals surface area (Å²) in [6.45, 7) is -0.221. The fraction of sp³-hybridized carbons (Fsp3) is 0.0625. The normalized spacial score (nSPS) is 10.7. The first-order chi connectivity index (χ1) is 11.4. The Labute approximate surface area is 143 Å². The topological polar surface area (TPSA) is 101 Å². The van der Waals surface area contributed by atoms with Gasteiger partial charge in [-0.25, -0.2) is 9.78 Å². The van der Waals surface area contributed by atoms with Gasteiger partial charge in [0.1, 0.15) is 29.3 Å². The highest BCUT2D eigenvalue weighted by atomic mass is 79.9. The lowest BCUT2D eigenvalue weighted by Crippen LogP contribution is -2.16. The van der Waals surface area contributed by atoms with Crippen molar-refractivity contribution in [2.24, 2.45) is 0 Å². The molecule has 24 heavy (non-hydrogen) atoms. The second-order valence-electron chi connectivity index (χ2n) is 4.94. The highest BCUT2D eigenvalue weighted by molar-refractivity contribution is 9.10. The van der Waals surface area contributed by atoms with E-state index in [1.807, 2.05) is 0 Å². The number of nitrogens with zero attached hydrogens (tertiary/aromatic N) is 2. The molecule has 0 aliphatic rings. The number of hydrogen-bond acceptors (Lipinski definition) is 6. The van der Waals surface area contributed by atoms with Gasteiger partial charge in [-0.1, -0.05) is 0 Å². The highest BCUT2D eigenvalue weighted by Gasteiger charge is 2.14. The van der Waals surface area contributed by atoms with Gasteiger partial charge in [-0.2, -0.15) is 0 Å². The van der Waals surface area contributed by atoms with Crippen LogP contribution in [0.4, 0.5) is 0 Å². The minimum Gasteiger partial charge on any atom is -0.508 e. The van der Waals surface area contributed by atoms with Crippen molar-refractivity contribution in [1.82, 2.24) is 9.38 Å². The molecule has 7 nitrogen and oxygen atoms in total. The number of hydrogen-bond donors (Lipinski definition) is 2. The Morgan fingerprint density at radius 2 is 2.00 bits per heavy atom. The van der Waals surface area contributed by atoms with E-state index in [4.69, 9.17) is 4.74 Å². The van der Waals surface area contributed by atoms with Crippen molar-refractivity contribution in [3.63, 3.8) is 0 Å². The van der Waals surface area contributed by atoms with Crippen molar-refractivity contribution in [3.8, 4) is 11.5 Å². The smallest absolute Gasteiger partial charge is 0.342 e. The number of esters is 1. The lowest BCUT2D eigenvalue weighted by molar-refractivity contribution is 0.0464. The van der Waals surface area contributed by atoms with Crippen LogP contribution in [0.3, 0.4) is 0 Å². The van der Waals surface area contributed by atoms with Gasteiger partial charge < -0.3 is 14.9 Å². The number of halogens is 1. The molecular weight excluding hydrogens is 380 g/mol. The Hall–Kier alpha value is -2.87. The maximum absolute atomic E-state index is 12.1. The number of ether oxygens (including phenoxy) is 1. The standard InChI is InChI=1S/C16H11BrN2O5/c17-9-1-4-14-18-10(5-15(22)19(14)7-9)8-24-16(23)12-3-2-11(20)6-13(12)21/h1-7,20-21H,8H2. The number of rotatable bonds is 3. The second kappa shape index (κ2) is 6.32. The number of benzene rings is 1. The van der Waals surface area contributed by atoms with Gasteiger partial charge in [0.25, 0.3) is 5.56 Å². The Bertz CT molecular complexity index is 999. The summed E-state index contributed by atoms with van der Waals surface area (Å²) >= 11 is 3.27. The summed E-state index contributed by atoms with van der Waals surface area (Å²) in [6.07, 6.45) is 1.59. The largest absolute Gasteiger partial charge is 0.508 e. The van der Waals surface area contributed by atoms with Gasteiger partial charge in [-0.15, -0.1) is 0 Å². The number of aromatic hydroxyl groups is 2. The molecule has 0 spiro atoms. The van der Waals surface area contributed by atoms with E-state index in [1.165, 1.54) is 22.6 Å². The Morgan fingerprint density at radius 3 is 2.75 bits per heavy atom. The highest BCUT2D eigenvalue weighted by Crippen LogP contribution is 2.23. The van der Waals surface area contributed by atoms with E-state index in [-0.39, 0.29) is 29.2 Å². The van der Waals surface area contributed by atoms with E-state index in [9.17, 15) is 19.8 Å². The molecule has 0 atom stereocenters. The molecule has 0 aliphatic carbocycles. The summed E-state index contributed by atoms with van der Waals surface area (Å²) in [5, 5.41) is 18.9. The van der Waals surface area contributed by atoms with Crippen LogP contribution < -0.4 is 5.56 Å². The van der Waals surface area contributed by atoms with Crippen LogP contribution in [0.15, 0.2) is 51.9 Å². The van der Waals surface area contributed by atoms with Gasteiger partial charge in [-0.05, 0) is 40.2 Å². The van der Waals surface area contributed by atoms with Gasteiger partial charge in [0, 0.05) is 22.8 Å². The molecule has 8 heteroatoms. The van der Waals surface area contributed by atoms with Crippen molar-refractivity contribution in [2.45, 2.75) is 6.61 Å². The van der Waals surface area contributed by atoms with Crippen LogP contribution in [0.2, 0.25) is 0 Å². The maximum atomic E-state index is 12.1. The molecule has 0 bridgehead atoms. The first-order valence-electron chi connectivity index (χ1n) is 6.81. The summed E-state index contributed by atoms with van der Waals surface area (Å²) in [7, 11) is 0.